The molecular formula is C26H23F3O2. The van der Waals surface area contributed by atoms with Crippen molar-refractivity contribution in [1.29, 1.82) is 0 Å². The van der Waals surface area contributed by atoms with Gasteiger partial charge in [0.25, 0.3) is 5.92 Å². The first-order valence-electron chi connectivity index (χ1n) is 10.2. The molecule has 1 aliphatic rings. The van der Waals surface area contributed by atoms with Gasteiger partial charge in [-0.1, -0.05) is 48.6 Å². The number of rotatable bonds is 8. The van der Waals surface area contributed by atoms with Crippen molar-refractivity contribution in [3.63, 3.8) is 0 Å². The Hall–Kier alpha value is -3.21. The molecule has 2 nitrogen and oxygen atoms in total. The first-order valence-corrected chi connectivity index (χ1v) is 10.2. The van der Waals surface area contributed by atoms with Gasteiger partial charge in [0, 0.05) is 6.42 Å². The highest BCUT2D eigenvalue weighted by molar-refractivity contribution is 5.46. The van der Waals surface area contributed by atoms with Crippen LogP contribution in [0.25, 0.3) is 0 Å². The SMILES string of the molecule is CCOc1ccc(C2(C=CCc3ccc(F)c(Oc4ccccc4)c3)CC2(F)F)cc1. The Bertz CT molecular complexity index is 1060. The van der Waals surface area contributed by atoms with Gasteiger partial charge in [-0.2, -0.15) is 0 Å². The third-order valence-electron chi connectivity index (χ3n) is 5.43. The average Bonchev–Trinajstić information content (AvgIpc) is 3.33. The molecule has 0 radical (unpaired) electrons. The molecule has 31 heavy (non-hydrogen) atoms. The molecule has 0 aromatic heterocycles. The van der Waals surface area contributed by atoms with Gasteiger partial charge in [-0.15, -0.1) is 0 Å². The second-order valence-electron chi connectivity index (χ2n) is 7.60. The van der Waals surface area contributed by atoms with E-state index in [1.54, 1.807) is 72.8 Å². The van der Waals surface area contributed by atoms with Crippen molar-refractivity contribution < 1.29 is 22.6 Å². The van der Waals surface area contributed by atoms with Crippen LogP contribution in [0.5, 0.6) is 17.2 Å². The fourth-order valence-electron chi connectivity index (χ4n) is 3.68. The van der Waals surface area contributed by atoms with Crippen molar-refractivity contribution in [3.05, 3.63) is 102 Å². The van der Waals surface area contributed by atoms with Gasteiger partial charge in [0.05, 0.1) is 12.0 Å². The molecule has 0 bridgehead atoms. The zero-order chi connectivity index (χ0) is 21.9. The van der Waals surface area contributed by atoms with Gasteiger partial charge in [-0.25, -0.2) is 13.2 Å². The summed E-state index contributed by atoms with van der Waals surface area (Å²) >= 11 is 0. The van der Waals surface area contributed by atoms with Gasteiger partial charge in [0.15, 0.2) is 11.6 Å². The minimum absolute atomic E-state index is 0.107. The minimum Gasteiger partial charge on any atom is -0.494 e. The van der Waals surface area contributed by atoms with Crippen LogP contribution in [0.1, 0.15) is 24.5 Å². The van der Waals surface area contributed by atoms with Crippen LogP contribution in [-0.2, 0) is 11.8 Å². The Morgan fingerprint density at radius 3 is 2.29 bits per heavy atom. The summed E-state index contributed by atoms with van der Waals surface area (Å²) in [5.74, 6) is -1.97. The molecule has 0 amide bonds. The van der Waals surface area contributed by atoms with E-state index in [4.69, 9.17) is 9.47 Å². The molecule has 1 aliphatic carbocycles. The van der Waals surface area contributed by atoms with Gasteiger partial charge in [0.2, 0.25) is 0 Å². The summed E-state index contributed by atoms with van der Waals surface area (Å²) in [6, 6.07) is 20.3. The van der Waals surface area contributed by atoms with Crippen LogP contribution in [-0.4, -0.2) is 12.5 Å². The van der Waals surface area contributed by atoms with Gasteiger partial charge >= 0.3 is 0 Å². The van der Waals surface area contributed by atoms with E-state index in [-0.39, 0.29) is 12.2 Å². The molecule has 1 unspecified atom stereocenters. The molecule has 160 valence electrons. The van der Waals surface area contributed by atoms with Crippen molar-refractivity contribution in [2.75, 3.05) is 6.61 Å². The van der Waals surface area contributed by atoms with Gasteiger partial charge in [-0.3, -0.25) is 0 Å². The topological polar surface area (TPSA) is 18.5 Å². The molecule has 0 heterocycles. The summed E-state index contributed by atoms with van der Waals surface area (Å²) in [5, 5.41) is 0. The Morgan fingerprint density at radius 2 is 1.65 bits per heavy atom. The highest BCUT2D eigenvalue weighted by Crippen LogP contribution is 2.62. The molecule has 1 atom stereocenters. The molecule has 3 aromatic rings. The van der Waals surface area contributed by atoms with E-state index < -0.39 is 17.2 Å². The Balaban J connectivity index is 1.50. The standard InChI is InChI=1S/C26H23F3O2/c1-2-30-21-13-11-20(12-14-21)25(18-26(25,28)29)16-6-7-19-10-15-23(27)24(17-19)31-22-8-4-3-5-9-22/h3-6,8-17H,2,7,18H2,1H3. The molecule has 0 N–H and O–H groups in total. The number of hydrogen-bond donors (Lipinski definition) is 0. The maximum Gasteiger partial charge on any atom is 0.262 e. The number of benzene rings is 3. The largest absolute Gasteiger partial charge is 0.494 e. The predicted molar refractivity (Wildman–Crippen MR) is 115 cm³/mol. The lowest BCUT2D eigenvalue weighted by atomic mass is 9.94. The smallest absolute Gasteiger partial charge is 0.262 e. The molecule has 4 rings (SSSR count). The quantitative estimate of drug-likeness (QED) is 0.359. The van der Waals surface area contributed by atoms with E-state index in [0.717, 1.165) is 5.56 Å². The zero-order valence-electron chi connectivity index (χ0n) is 17.2. The monoisotopic (exact) mass is 424 g/mol. The van der Waals surface area contributed by atoms with Gasteiger partial charge in [0.1, 0.15) is 11.5 Å². The predicted octanol–water partition coefficient (Wildman–Crippen LogP) is 7.09. The number of halogens is 3. The van der Waals surface area contributed by atoms with Crippen LogP contribution in [0, 0.1) is 5.82 Å². The average molecular weight is 424 g/mol. The fourth-order valence-corrected chi connectivity index (χ4v) is 3.68. The second kappa shape index (κ2) is 8.50. The van der Waals surface area contributed by atoms with Crippen LogP contribution in [0.4, 0.5) is 13.2 Å². The van der Waals surface area contributed by atoms with Crippen LogP contribution in [0.15, 0.2) is 84.9 Å². The Kier molecular flexibility index (Phi) is 5.77. The van der Waals surface area contributed by atoms with Crippen molar-refractivity contribution in [2.45, 2.75) is 31.1 Å². The first-order chi connectivity index (χ1) is 14.9. The summed E-state index contributed by atoms with van der Waals surface area (Å²) < 4.78 is 53.8. The molecule has 0 aliphatic heterocycles. The Morgan fingerprint density at radius 1 is 0.935 bits per heavy atom. The molecule has 3 aromatic carbocycles. The van der Waals surface area contributed by atoms with Crippen LogP contribution >= 0.6 is 0 Å². The summed E-state index contributed by atoms with van der Waals surface area (Å²) in [6.07, 6.45) is 3.46. The number of hydrogen-bond acceptors (Lipinski definition) is 2. The van der Waals surface area contributed by atoms with Crippen molar-refractivity contribution in [2.24, 2.45) is 0 Å². The number of alkyl halides is 2. The van der Waals surface area contributed by atoms with E-state index in [9.17, 15) is 13.2 Å². The number of para-hydroxylation sites is 1. The van der Waals surface area contributed by atoms with E-state index in [0.29, 0.717) is 30.1 Å². The molecule has 0 saturated heterocycles. The first kappa shape index (κ1) is 21.0. The Labute approximate surface area is 179 Å². The molecule has 0 spiro atoms. The van der Waals surface area contributed by atoms with Crippen LogP contribution in [0.3, 0.4) is 0 Å². The highest BCUT2D eigenvalue weighted by atomic mass is 19.3. The van der Waals surface area contributed by atoms with Crippen LogP contribution < -0.4 is 9.47 Å². The zero-order valence-corrected chi connectivity index (χ0v) is 17.2. The van der Waals surface area contributed by atoms with Crippen molar-refractivity contribution >= 4 is 0 Å². The fraction of sp³-hybridized carbons (Fsp3) is 0.231. The maximum absolute atomic E-state index is 14.3. The van der Waals surface area contributed by atoms with Gasteiger partial charge < -0.3 is 9.47 Å². The van der Waals surface area contributed by atoms with Crippen molar-refractivity contribution in [1.82, 2.24) is 0 Å². The van der Waals surface area contributed by atoms with E-state index >= 15 is 0 Å². The summed E-state index contributed by atoms with van der Waals surface area (Å²) in [7, 11) is 0. The molecule has 1 fully saturated rings. The van der Waals surface area contributed by atoms with E-state index in [2.05, 4.69) is 0 Å². The lowest BCUT2D eigenvalue weighted by Gasteiger charge is -2.13. The summed E-state index contributed by atoms with van der Waals surface area (Å²) in [5.41, 5.74) is 0.0278. The number of allylic oxidation sites excluding steroid dienone is 2. The van der Waals surface area contributed by atoms with E-state index in [1.807, 2.05) is 13.0 Å². The third-order valence-corrected chi connectivity index (χ3v) is 5.43. The number of ether oxygens (including phenoxy) is 2. The summed E-state index contributed by atoms with van der Waals surface area (Å²) in [6.45, 7) is 2.40. The van der Waals surface area contributed by atoms with Crippen LogP contribution in [0.2, 0.25) is 0 Å². The molecule has 5 heteroatoms. The lowest BCUT2D eigenvalue weighted by molar-refractivity contribution is 0.0981. The lowest BCUT2D eigenvalue weighted by Crippen LogP contribution is -2.13. The van der Waals surface area contributed by atoms with Gasteiger partial charge in [-0.05, 0) is 60.9 Å². The highest BCUT2D eigenvalue weighted by Gasteiger charge is 2.70. The van der Waals surface area contributed by atoms with Crippen molar-refractivity contribution in [3.8, 4) is 17.2 Å². The normalized spacial score (nSPS) is 19.4. The maximum atomic E-state index is 14.3. The van der Waals surface area contributed by atoms with E-state index in [1.165, 1.54) is 6.07 Å². The third kappa shape index (κ3) is 4.46. The minimum atomic E-state index is -2.79. The summed E-state index contributed by atoms with van der Waals surface area (Å²) in [4.78, 5) is 0. The molecular weight excluding hydrogens is 401 g/mol. The molecule has 1 saturated carbocycles. The second-order valence-corrected chi connectivity index (χ2v) is 7.60.